The van der Waals surface area contributed by atoms with E-state index in [0.717, 1.165) is 29.7 Å². The van der Waals surface area contributed by atoms with Crippen LogP contribution in [0.15, 0.2) is 78.1 Å². The van der Waals surface area contributed by atoms with E-state index in [-0.39, 0.29) is 10.5 Å². The summed E-state index contributed by atoms with van der Waals surface area (Å²) in [4.78, 5) is 21.6. The molecule has 9 nitrogen and oxygen atoms in total. The number of pyridine rings is 1. The number of nitrogens with zero attached hydrogens (tertiary/aromatic N) is 4. The number of benzene rings is 2. The van der Waals surface area contributed by atoms with E-state index in [0.29, 0.717) is 40.7 Å². The molecule has 1 aliphatic carbocycles. The Hall–Kier alpha value is -4.31. The maximum Gasteiger partial charge on any atom is 0.246 e. The SMILES string of the molecule is CC1(Oc2nc(NCc3ccc(-c4cnc[nH]4)cc3)nc3ccc(-c4cccc(S(C)(=O)=O)c4)nc23)CC1. The first-order valence-electron chi connectivity index (χ1n) is 12.3. The lowest BCUT2D eigenvalue weighted by Gasteiger charge is -2.15. The van der Waals surface area contributed by atoms with E-state index in [1.165, 1.54) is 6.26 Å². The van der Waals surface area contributed by atoms with Crippen molar-refractivity contribution in [1.82, 2.24) is 24.9 Å². The van der Waals surface area contributed by atoms with Crippen molar-refractivity contribution in [2.75, 3.05) is 11.6 Å². The first-order valence-corrected chi connectivity index (χ1v) is 14.1. The number of H-pyrrole nitrogens is 1. The van der Waals surface area contributed by atoms with Crippen molar-refractivity contribution in [2.45, 2.75) is 36.8 Å². The van der Waals surface area contributed by atoms with Crippen LogP contribution in [0.1, 0.15) is 25.3 Å². The molecular formula is C28H26N6O3S. The van der Waals surface area contributed by atoms with Gasteiger partial charge in [-0.2, -0.15) is 4.98 Å². The van der Waals surface area contributed by atoms with E-state index in [4.69, 9.17) is 9.72 Å². The van der Waals surface area contributed by atoms with E-state index in [2.05, 4.69) is 32.2 Å². The van der Waals surface area contributed by atoms with Gasteiger partial charge >= 0.3 is 0 Å². The summed E-state index contributed by atoms with van der Waals surface area (Å²) in [5, 5.41) is 3.31. The highest BCUT2D eigenvalue weighted by molar-refractivity contribution is 7.90. The zero-order valence-electron chi connectivity index (χ0n) is 21.0. The van der Waals surface area contributed by atoms with Gasteiger partial charge < -0.3 is 15.0 Å². The number of rotatable bonds is 8. The lowest BCUT2D eigenvalue weighted by molar-refractivity contribution is 0.194. The molecule has 0 bridgehead atoms. The summed E-state index contributed by atoms with van der Waals surface area (Å²) >= 11 is 0. The molecule has 0 amide bonds. The fourth-order valence-electron chi connectivity index (χ4n) is 4.09. The molecule has 5 aromatic rings. The quantitative estimate of drug-likeness (QED) is 0.289. The molecule has 1 aliphatic rings. The van der Waals surface area contributed by atoms with Crippen molar-refractivity contribution in [1.29, 1.82) is 0 Å². The molecule has 0 radical (unpaired) electrons. The van der Waals surface area contributed by atoms with Crippen molar-refractivity contribution in [3.8, 4) is 28.4 Å². The highest BCUT2D eigenvalue weighted by Crippen LogP contribution is 2.41. The van der Waals surface area contributed by atoms with Crippen molar-refractivity contribution < 1.29 is 13.2 Å². The van der Waals surface area contributed by atoms with Gasteiger partial charge in [0, 0.05) is 18.4 Å². The number of nitrogens with one attached hydrogen (secondary N) is 2. The number of aromatic nitrogens is 5. The van der Waals surface area contributed by atoms with Crippen LogP contribution in [0.2, 0.25) is 0 Å². The molecule has 0 atom stereocenters. The van der Waals surface area contributed by atoms with Gasteiger partial charge in [0.2, 0.25) is 11.8 Å². The second kappa shape index (κ2) is 9.21. The minimum absolute atomic E-state index is 0.243. The number of aromatic amines is 1. The zero-order chi connectivity index (χ0) is 26.3. The molecule has 2 aromatic carbocycles. The summed E-state index contributed by atoms with van der Waals surface area (Å²) in [5.41, 5.74) is 5.32. The summed E-state index contributed by atoms with van der Waals surface area (Å²) in [5.74, 6) is 0.858. The van der Waals surface area contributed by atoms with Crippen LogP contribution in [0.3, 0.4) is 0 Å². The van der Waals surface area contributed by atoms with Gasteiger partial charge in [-0.05, 0) is 55.2 Å². The highest BCUT2D eigenvalue weighted by atomic mass is 32.2. The predicted molar refractivity (Wildman–Crippen MR) is 145 cm³/mol. The monoisotopic (exact) mass is 526 g/mol. The van der Waals surface area contributed by atoms with Crippen LogP contribution in [-0.4, -0.2) is 45.2 Å². The molecule has 2 N–H and O–H groups in total. The maximum absolute atomic E-state index is 12.0. The number of hydrogen-bond acceptors (Lipinski definition) is 8. The number of ether oxygens (including phenoxy) is 1. The van der Waals surface area contributed by atoms with Crippen molar-refractivity contribution in [3.05, 3.63) is 78.8 Å². The van der Waals surface area contributed by atoms with Crippen molar-refractivity contribution in [3.63, 3.8) is 0 Å². The van der Waals surface area contributed by atoms with Crippen LogP contribution in [0.5, 0.6) is 5.88 Å². The standard InChI is InChI=1S/C28H26N6O3S/c1-28(12-13-28)37-26-25-23(11-10-22(32-25)20-4-3-5-21(14-20)38(2,35)36)33-27(34-26)30-15-18-6-8-19(9-7-18)24-16-29-17-31-24/h3-11,14,16-17H,12-13,15H2,1-2H3,(H,29,31)(H,30,33,34). The van der Waals surface area contributed by atoms with Gasteiger partial charge in [-0.25, -0.2) is 23.4 Å². The Bertz CT molecular complexity index is 1730. The number of fused-ring (bicyclic) bond motifs is 1. The van der Waals surface area contributed by atoms with Crippen LogP contribution in [0.25, 0.3) is 33.5 Å². The fourth-order valence-corrected chi connectivity index (χ4v) is 4.76. The van der Waals surface area contributed by atoms with Crippen LogP contribution in [-0.2, 0) is 16.4 Å². The number of anilines is 1. The molecule has 1 saturated carbocycles. The third-order valence-corrected chi connectivity index (χ3v) is 7.69. The molecule has 1 fully saturated rings. The summed E-state index contributed by atoms with van der Waals surface area (Å²) in [6.07, 6.45) is 6.53. The highest BCUT2D eigenvalue weighted by Gasteiger charge is 2.41. The van der Waals surface area contributed by atoms with Crippen LogP contribution >= 0.6 is 0 Å². The Kier molecular flexibility index (Phi) is 5.83. The molecule has 192 valence electrons. The van der Waals surface area contributed by atoms with Gasteiger partial charge in [0.15, 0.2) is 15.4 Å². The summed E-state index contributed by atoms with van der Waals surface area (Å²) in [6.45, 7) is 2.59. The molecule has 10 heteroatoms. The number of sulfone groups is 1. The second-order valence-corrected chi connectivity index (χ2v) is 11.8. The van der Waals surface area contributed by atoms with E-state index in [1.807, 2.05) is 42.5 Å². The Balaban J connectivity index is 1.30. The topological polar surface area (TPSA) is 123 Å². The Labute approximate surface area is 220 Å². The molecule has 6 rings (SSSR count). The average Bonchev–Trinajstić information content (AvgIpc) is 3.39. The molecule has 0 spiro atoms. The zero-order valence-corrected chi connectivity index (χ0v) is 21.8. The molecule has 0 aliphatic heterocycles. The normalized spacial score (nSPS) is 14.4. The van der Waals surface area contributed by atoms with Crippen LogP contribution < -0.4 is 10.1 Å². The second-order valence-electron chi connectivity index (χ2n) is 9.78. The summed E-state index contributed by atoms with van der Waals surface area (Å²) < 4.78 is 30.4. The third-order valence-electron chi connectivity index (χ3n) is 6.58. The molecule has 3 heterocycles. The lowest BCUT2D eigenvalue weighted by Crippen LogP contribution is -2.15. The van der Waals surface area contributed by atoms with Gasteiger partial charge in [0.25, 0.3) is 0 Å². The Morgan fingerprint density at radius 2 is 1.82 bits per heavy atom. The van der Waals surface area contributed by atoms with Gasteiger partial charge in [-0.3, -0.25) is 0 Å². The van der Waals surface area contributed by atoms with Gasteiger partial charge in [0.1, 0.15) is 5.60 Å². The van der Waals surface area contributed by atoms with E-state index < -0.39 is 9.84 Å². The van der Waals surface area contributed by atoms with E-state index in [1.54, 1.807) is 30.7 Å². The molecular weight excluding hydrogens is 500 g/mol. The first-order chi connectivity index (χ1) is 18.3. The number of hydrogen-bond donors (Lipinski definition) is 2. The van der Waals surface area contributed by atoms with E-state index >= 15 is 0 Å². The smallest absolute Gasteiger partial charge is 0.246 e. The minimum Gasteiger partial charge on any atom is -0.470 e. The summed E-state index contributed by atoms with van der Waals surface area (Å²) in [7, 11) is -3.34. The van der Waals surface area contributed by atoms with Crippen LogP contribution in [0.4, 0.5) is 5.95 Å². The van der Waals surface area contributed by atoms with Gasteiger partial charge in [-0.15, -0.1) is 0 Å². The largest absolute Gasteiger partial charge is 0.470 e. The van der Waals surface area contributed by atoms with E-state index in [9.17, 15) is 8.42 Å². The Morgan fingerprint density at radius 1 is 1.00 bits per heavy atom. The third kappa shape index (κ3) is 5.08. The number of imidazole rings is 1. The molecule has 0 saturated heterocycles. The lowest BCUT2D eigenvalue weighted by atomic mass is 10.1. The van der Waals surface area contributed by atoms with Crippen LogP contribution in [0, 0.1) is 0 Å². The molecule has 3 aromatic heterocycles. The predicted octanol–water partition coefficient (Wildman–Crippen LogP) is 5.03. The van der Waals surface area contributed by atoms with Crippen molar-refractivity contribution >= 4 is 26.8 Å². The molecule has 38 heavy (non-hydrogen) atoms. The molecule has 0 unspecified atom stereocenters. The average molecular weight is 527 g/mol. The van der Waals surface area contributed by atoms with Gasteiger partial charge in [-0.1, -0.05) is 36.4 Å². The fraction of sp³-hybridized carbons (Fsp3) is 0.214. The first kappa shape index (κ1) is 24.1. The van der Waals surface area contributed by atoms with Crippen molar-refractivity contribution in [2.24, 2.45) is 0 Å². The summed E-state index contributed by atoms with van der Waals surface area (Å²) in [6, 6.07) is 18.6. The Morgan fingerprint density at radius 3 is 2.53 bits per heavy atom. The minimum atomic E-state index is -3.34. The van der Waals surface area contributed by atoms with Gasteiger partial charge in [0.05, 0.1) is 34.3 Å². The maximum atomic E-state index is 12.0.